The Labute approximate surface area is 107 Å². The first-order chi connectivity index (χ1) is 8.26. The number of hydrogen-bond donors (Lipinski definition) is 1. The molecule has 17 heavy (non-hydrogen) atoms. The Kier molecular flexibility index (Phi) is 14.1. The van der Waals surface area contributed by atoms with E-state index in [9.17, 15) is 0 Å². The Hall–Kier alpha value is -1.02. The highest BCUT2D eigenvalue weighted by molar-refractivity contribution is 5.27. The average Bonchev–Trinajstić information content (AvgIpc) is 2.44. The van der Waals surface area contributed by atoms with E-state index in [2.05, 4.69) is 6.92 Å². The first-order valence-electron chi connectivity index (χ1n) is 6.62. The van der Waals surface area contributed by atoms with Crippen LogP contribution in [0.1, 0.15) is 47.1 Å². The Morgan fingerprint density at radius 1 is 1.06 bits per heavy atom. The van der Waals surface area contributed by atoms with Crippen molar-refractivity contribution in [1.29, 1.82) is 0 Å². The molecule has 100 valence electrons. The lowest BCUT2D eigenvalue weighted by molar-refractivity contribution is 0.129. The molecular weight excluding hydrogens is 212 g/mol. The third-order valence-corrected chi connectivity index (χ3v) is 1.93. The van der Waals surface area contributed by atoms with Crippen LogP contribution in [0.3, 0.4) is 0 Å². The molecule has 0 spiro atoms. The van der Waals surface area contributed by atoms with Crippen molar-refractivity contribution in [3.8, 4) is 5.75 Å². The first-order valence-corrected chi connectivity index (χ1v) is 6.62. The molecule has 0 aliphatic carbocycles. The highest BCUT2D eigenvalue weighted by Gasteiger charge is 2.00. The van der Waals surface area contributed by atoms with Gasteiger partial charge in [0.25, 0.3) is 0 Å². The number of benzene rings is 1. The number of aryl methyl sites for hydroxylation is 1. The lowest BCUT2D eigenvalue weighted by atomic mass is 10.2. The summed E-state index contributed by atoms with van der Waals surface area (Å²) in [7, 11) is 0. The molecular formula is C15H28O2. The summed E-state index contributed by atoms with van der Waals surface area (Å²) in [5.74, 6) is 0.818. The largest absolute Gasteiger partial charge is 0.488 e. The van der Waals surface area contributed by atoms with Gasteiger partial charge >= 0.3 is 0 Å². The maximum atomic E-state index is 8.77. The van der Waals surface area contributed by atoms with Crippen LogP contribution in [-0.4, -0.2) is 17.8 Å². The summed E-state index contributed by atoms with van der Waals surface area (Å²) < 4.78 is 5.41. The van der Waals surface area contributed by atoms with Crippen LogP contribution in [0.15, 0.2) is 24.3 Å². The van der Waals surface area contributed by atoms with Crippen LogP contribution in [0, 0.1) is 0 Å². The van der Waals surface area contributed by atoms with Gasteiger partial charge < -0.3 is 9.84 Å². The summed E-state index contributed by atoms with van der Waals surface area (Å²) in [6, 6.07) is 7.95. The molecule has 1 aromatic rings. The Morgan fingerprint density at radius 2 is 1.53 bits per heavy atom. The zero-order valence-electron chi connectivity index (χ0n) is 12.2. The van der Waals surface area contributed by atoms with E-state index in [1.165, 1.54) is 5.56 Å². The molecule has 0 radical (unpaired) electrons. The molecule has 0 fully saturated rings. The van der Waals surface area contributed by atoms with E-state index in [1.807, 2.05) is 58.9 Å². The lowest BCUT2D eigenvalue weighted by Gasteiger charge is -2.11. The molecule has 1 N–H and O–H groups in total. The third-order valence-electron chi connectivity index (χ3n) is 1.93. The highest BCUT2D eigenvalue weighted by Crippen LogP contribution is 2.13. The third kappa shape index (κ3) is 8.75. The number of aliphatic hydroxyl groups is 1. The van der Waals surface area contributed by atoms with E-state index in [0.717, 1.165) is 12.2 Å². The molecule has 1 unspecified atom stereocenters. The van der Waals surface area contributed by atoms with Crippen LogP contribution >= 0.6 is 0 Å². The quantitative estimate of drug-likeness (QED) is 0.860. The minimum atomic E-state index is -0.132. The fourth-order valence-corrected chi connectivity index (χ4v) is 1.07. The minimum absolute atomic E-state index is 0.0511. The molecule has 0 aliphatic heterocycles. The van der Waals surface area contributed by atoms with Crippen molar-refractivity contribution in [2.24, 2.45) is 0 Å². The first kappa shape index (κ1) is 18.3. The average molecular weight is 240 g/mol. The molecule has 1 aromatic carbocycles. The second-order valence-electron chi connectivity index (χ2n) is 3.11. The zero-order valence-corrected chi connectivity index (χ0v) is 12.2. The number of aliphatic hydroxyl groups excluding tert-OH is 1. The Balaban J connectivity index is 0. The predicted molar refractivity (Wildman–Crippen MR) is 75.7 cm³/mol. The summed E-state index contributed by atoms with van der Waals surface area (Å²) >= 11 is 0. The van der Waals surface area contributed by atoms with Gasteiger partial charge in [0.15, 0.2) is 0 Å². The SMILES string of the molecule is CC.CC.CCc1ccc(OC(C)CO)cc1. The van der Waals surface area contributed by atoms with Crippen molar-refractivity contribution in [2.45, 2.75) is 54.1 Å². The smallest absolute Gasteiger partial charge is 0.119 e. The van der Waals surface area contributed by atoms with Gasteiger partial charge in [-0.25, -0.2) is 0 Å². The molecule has 0 saturated carbocycles. The summed E-state index contributed by atoms with van der Waals surface area (Å²) in [5.41, 5.74) is 1.30. The topological polar surface area (TPSA) is 29.5 Å². The normalized spacial score (nSPS) is 10.3. The molecule has 2 nitrogen and oxygen atoms in total. The van der Waals surface area contributed by atoms with Crippen LogP contribution in [-0.2, 0) is 6.42 Å². The van der Waals surface area contributed by atoms with Crippen LogP contribution in [0.4, 0.5) is 0 Å². The van der Waals surface area contributed by atoms with Crippen molar-refractivity contribution >= 4 is 0 Å². The standard InChI is InChI=1S/C11H16O2.2C2H6/c1-3-10-4-6-11(7-5-10)13-9(2)8-12;2*1-2/h4-7,9,12H,3,8H2,1-2H3;2*1-2H3. The van der Waals surface area contributed by atoms with Crippen molar-refractivity contribution < 1.29 is 9.84 Å². The number of ether oxygens (including phenoxy) is 1. The zero-order chi connectivity index (χ0) is 13.7. The summed E-state index contributed by atoms with van der Waals surface area (Å²) in [6.45, 7) is 12.0. The molecule has 0 saturated heterocycles. The molecule has 0 heterocycles. The van der Waals surface area contributed by atoms with Gasteiger partial charge in [0.05, 0.1) is 6.61 Å². The van der Waals surface area contributed by atoms with Crippen LogP contribution in [0.2, 0.25) is 0 Å². The molecule has 0 aromatic heterocycles. The van der Waals surface area contributed by atoms with Gasteiger partial charge in [0.1, 0.15) is 11.9 Å². The van der Waals surface area contributed by atoms with Gasteiger partial charge in [-0.2, -0.15) is 0 Å². The Morgan fingerprint density at radius 3 is 1.88 bits per heavy atom. The minimum Gasteiger partial charge on any atom is -0.488 e. The lowest BCUT2D eigenvalue weighted by Crippen LogP contribution is -2.15. The van der Waals surface area contributed by atoms with Crippen molar-refractivity contribution in [2.75, 3.05) is 6.61 Å². The van der Waals surface area contributed by atoms with Crippen molar-refractivity contribution in [1.82, 2.24) is 0 Å². The van der Waals surface area contributed by atoms with Crippen LogP contribution < -0.4 is 4.74 Å². The Bertz CT molecular complexity index is 242. The van der Waals surface area contributed by atoms with E-state index < -0.39 is 0 Å². The number of rotatable bonds is 4. The maximum Gasteiger partial charge on any atom is 0.119 e. The van der Waals surface area contributed by atoms with Crippen LogP contribution in [0.5, 0.6) is 5.75 Å². The summed E-state index contributed by atoms with van der Waals surface area (Å²) in [4.78, 5) is 0. The molecule has 1 atom stereocenters. The van der Waals surface area contributed by atoms with E-state index >= 15 is 0 Å². The second kappa shape index (κ2) is 13.0. The van der Waals surface area contributed by atoms with Gasteiger partial charge in [0.2, 0.25) is 0 Å². The molecule has 0 bridgehead atoms. The molecule has 0 aliphatic rings. The van der Waals surface area contributed by atoms with E-state index in [0.29, 0.717) is 0 Å². The monoisotopic (exact) mass is 240 g/mol. The molecule has 1 rings (SSSR count). The van der Waals surface area contributed by atoms with Gasteiger partial charge in [0, 0.05) is 0 Å². The van der Waals surface area contributed by atoms with Gasteiger partial charge in [-0.3, -0.25) is 0 Å². The van der Waals surface area contributed by atoms with Crippen LogP contribution in [0.25, 0.3) is 0 Å². The van der Waals surface area contributed by atoms with E-state index in [4.69, 9.17) is 9.84 Å². The predicted octanol–water partition coefficient (Wildman–Crippen LogP) is 4.06. The van der Waals surface area contributed by atoms with E-state index in [-0.39, 0.29) is 12.7 Å². The van der Waals surface area contributed by atoms with Crippen molar-refractivity contribution in [3.05, 3.63) is 29.8 Å². The number of hydrogen-bond acceptors (Lipinski definition) is 2. The fourth-order valence-electron chi connectivity index (χ4n) is 1.07. The fraction of sp³-hybridized carbons (Fsp3) is 0.600. The maximum absolute atomic E-state index is 8.77. The van der Waals surface area contributed by atoms with Gasteiger partial charge in [-0.05, 0) is 31.0 Å². The molecule has 2 heteroatoms. The highest BCUT2D eigenvalue weighted by atomic mass is 16.5. The van der Waals surface area contributed by atoms with Crippen molar-refractivity contribution in [3.63, 3.8) is 0 Å². The summed E-state index contributed by atoms with van der Waals surface area (Å²) in [6.07, 6.45) is 0.906. The molecule has 0 amide bonds. The van der Waals surface area contributed by atoms with Gasteiger partial charge in [-0.1, -0.05) is 46.8 Å². The second-order valence-corrected chi connectivity index (χ2v) is 3.11. The van der Waals surface area contributed by atoms with Gasteiger partial charge in [-0.15, -0.1) is 0 Å². The van der Waals surface area contributed by atoms with E-state index in [1.54, 1.807) is 0 Å². The summed E-state index contributed by atoms with van der Waals surface area (Å²) in [5, 5.41) is 8.77.